The highest BCUT2D eigenvalue weighted by Crippen LogP contribution is 2.36. The molecule has 0 bridgehead atoms. The first kappa shape index (κ1) is 25.0. The van der Waals surface area contributed by atoms with Crippen molar-refractivity contribution < 1.29 is 37.0 Å². The van der Waals surface area contributed by atoms with Crippen molar-refractivity contribution in [3.05, 3.63) is 35.5 Å². The van der Waals surface area contributed by atoms with Crippen molar-refractivity contribution in [2.45, 2.75) is 51.9 Å². The van der Waals surface area contributed by atoms with E-state index in [0.29, 0.717) is 0 Å². The van der Waals surface area contributed by atoms with E-state index in [1.807, 2.05) is 0 Å². The lowest BCUT2D eigenvalue weighted by Gasteiger charge is -2.23. The minimum absolute atomic E-state index is 0.0958. The second-order valence-electron chi connectivity index (χ2n) is 7.95. The molecule has 0 radical (unpaired) electrons. The van der Waals surface area contributed by atoms with Gasteiger partial charge in [-0.05, 0) is 39.3 Å². The Balaban J connectivity index is 2.36. The molecule has 0 saturated heterocycles. The van der Waals surface area contributed by atoms with Gasteiger partial charge in [0.05, 0.1) is 6.61 Å². The average molecular weight is 457 g/mol. The molecule has 0 fully saturated rings. The van der Waals surface area contributed by atoms with E-state index in [9.17, 15) is 27.6 Å². The monoisotopic (exact) mass is 457 g/mol. The summed E-state index contributed by atoms with van der Waals surface area (Å²) >= 11 is 0. The van der Waals surface area contributed by atoms with Crippen LogP contribution >= 0.6 is 0 Å². The molecule has 2 rings (SSSR count). The normalized spacial score (nSPS) is 12.8. The number of fused-ring (bicyclic) bond motifs is 1. The maximum atomic E-state index is 13.7. The van der Waals surface area contributed by atoms with Crippen molar-refractivity contribution in [3.63, 3.8) is 0 Å². The minimum Gasteiger partial charge on any atom is -0.465 e. The number of alkyl carbamates (subject to hydrolysis) is 1. The zero-order valence-electron chi connectivity index (χ0n) is 18.2. The highest BCUT2D eigenvalue weighted by Gasteiger charge is 2.38. The number of rotatable bonds is 7. The molecule has 1 heterocycles. The first-order chi connectivity index (χ1) is 14.8. The second kappa shape index (κ2) is 9.92. The van der Waals surface area contributed by atoms with Crippen molar-refractivity contribution in [1.82, 2.24) is 15.6 Å². The number of carbonyl (C=O) groups excluding carboxylic acids is 3. The van der Waals surface area contributed by atoms with E-state index in [0.717, 1.165) is 0 Å². The number of ether oxygens (including phenoxy) is 2. The van der Waals surface area contributed by atoms with Crippen LogP contribution in [0.25, 0.3) is 10.9 Å². The Morgan fingerprint density at radius 1 is 1.12 bits per heavy atom. The Kier molecular flexibility index (Phi) is 7.76. The molecule has 1 atom stereocenters. The van der Waals surface area contributed by atoms with Crippen LogP contribution in [0.5, 0.6) is 0 Å². The third-order valence-corrected chi connectivity index (χ3v) is 4.23. The molecular formula is C21H26F3N3O5. The molecule has 32 heavy (non-hydrogen) atoms. The molecule has 0 aliphatic heterocycles. The molecule has 0 saturated carbocycles. The van der Waals surface area contributed by atoms with Gasteiger partial charge in [0.2, 0.25) is 5.91 Å². The summed E-state index contributed by atoms with van der Waals surface area (Å²) in [6.07, 6.45) is -6.19. The molecule has 2 aromatic rings. The van der Waals surface area contributed by atoms with E-state index in [1.54, 1.807) is 39.8 Å². The Labute approximate surface area is 182 Å². The SMILES string of the molecule is CCOC(=O)CNC(=O)[C@H](Cc1c(C(F)(F)F)[nH]c2ccccc12)NC(=O)OC(C)(C)C. The number of amides is 2. The van der Waals surface area contributed by atoms with Crippen molar-refractivity contribution in [1.29, 1.82) is 0 Å². The summed E-state index contributed by atoms with van der Waals surface area (Å²) in [4.78, 5) is 38.8. The van der Waals surface area contributed by atoms with E-state index in [-0.39, 0.29) is 23.1 Å². The van der Waals surface area contributed by atoms with Gasteiger partial charge < -0.3 is 25.1 Å². The van der Waals surface area contributed by atoms with Crippen LogP contribution in [0.1, 0.15) is 39.0 Å². The molecular weight excluding hydrogens is 431 g/mol. The molecule has 8 nitrogen and oxygen atoms in total. The summed E-state index contributed by atoms with van der Waals surface area (Å²) in [5.41, 5.74) is -1.88. The number of benzene rings is 1. The number of esters is 1. The van der Waals surface area contributed by atoms with Crippen LogP contribution in [0.15, 0.2) is 24.3 Å². The van der Waals surface area contributed by atoms with Crippen LogP contribution in [0.2, 0.25) is 0 Å². The van der Waals surface area contributed by atoms with Crippen molar-refractivity contribution in [2.24, 2.45) is 0 Å². The molecule has 1 aromatic heterocycles. The van der Waals surface area contributed by atoms with E-state index < -0.39 is 54.4 Å². The lowest BCUT2D eigenvalue weighted by molar-refractivity contribution is -0.143. The largest absolute Gasteiger partial charge is 0.465 e. The molecule has 2 amide bonds. The van der Waals surface area contributed by atoms with E-state index in [1.165, 1.54) is 12.1 Å². The standard InChI is InChI=1S/C21H26F3N3O5/c1-5-31-16(28)11-25-18(29)15(27-19(30)32-20(2,3)4)10-13-12-8-6-7-9-14(12)26-17(13)21(22,23)24/h6-9,15,26H,5,10-11H2,1-4H3,(H,25,29)(H,27,30)/t15-/m0/s1. The third kappa shape index (κ3) is 6.89. The molecule has 0 spiro atoms. The molecule has 0 aliphatic carbocycles. The topological polar surface area (TPSA) is 110 Å². The van der Waals surface area contributed by atoms with E-state index >= 15 is 0 Å². The van der Waals surface area contributed by atoms with Crippen LogP contribution in [0, 0.1) is 0 Å². The number of halogens is 3. The average Bonchev–Trinajstić information content (AvgIpc) is 3.03. The number of alkyl halides is 3. The highest BCUT2D eigenvalue weighted by molar-refractivity contribution is 5.90. The number of carbonyl (C=O) groups is 3. The Morgan fingerprint density at radius 3 is 2.38 bits per heavy atom. The van der Waals surface area contributed by atoms with Gasteiger partial charge in [0.25, 0.3) is 0 Å². The van der Waals surface area contributed by atoms with Gasteiger partial charge in [0.15, 0.2) is 0 Å². The molecule has 0 aliphatic rings. The van der Waals surface area contributed by atoms with E-state index in [2.05, 4.69) is 15.6 Å². The smallest absolute Gasteiger partial charge is 0.431 e. The van der Waals surface area contributed by atoms with Crippen LogP contribution < -0.4 is 10.6 Å². The Bertz CT molecular complexity index is 979. The Morgan fingerprint density at radius 2 is 1.78 bits per heavy atom. The van der Waals surface area contributed by atoms with Crippen molar-refractivity contribution >= 4 is 28.9 Å². The minimum atomic E-state index is -4.72. The zero-order chi connectivity index (χ0) is 24.1. The number of aromatic nitrogens is 1. The number of H-pyrrole nitrogens is 1. The first-order valence-electron chi connectivity index (χ1n) is 9.91. The van der Waals surface area contributed by atoms with Crippen LogP contribution in [-0.2, 0) is 31.7 Å². The third-order valence-electron chi connectivity index (χ3n) is 4.23. The predicted molar refractivity (Wildman–Crippen MR) is 110 cm³/mol. The van der Waals surface area contributed by atoms with Gasteiger partial charge in [-0.1, -0.05) is 18.2 Å². The summed E-state index contributed by atoms with van der Waals surface area (Å²) in [5, 5.41) is 4.84. The fourth-order valence-electron chi connectivity index (χ4n) is 3.01. The van der Waals surface area contributed by atoms with E-state index in [4.69, 9.17) is 9.47 Å². The summed E-state index contributed by atoms with van der Waals surface area (Å²) in [6.45, 7) is 5.98. The van der Waals surface area contributed by atoms with Gasteiger partial charge >= 0.3 is 18.2 Å². The highest BCUT2D eigenvalue weighted by atomic mass is 19.4. The van der Waals surface area contributed by atoms with Crippen LogP contribution in [0.4, 0.5) is 18.0 Å². The molecule has 176 valence electrons. The molecule has 11 heteroatoms. The lowest BCUT2D eigenvalue weighted by atomic mass is 10.0. The number of hydrogen-bond donors (Lipinski definition) is 3. The first-order valence-corrected chi connectivity index (χ1v) is 9.91. The van der Waals surface area contributed by atoms with Gasteiger partial charge in [-0.15, -0.1) is 0 Å². The maximum absolute atomic E-state index is 13.7. The predicted octanol–water partition coefficient (Wildman–Crippen LogP) is 3.30. The van der Waals surface area contributed by atoms with Crippen LogP contribution in [-0.4, -0.2) is 47.7 Å². The number of hydrogen-bond acceptors (Lipinski definition) is 5. The maximum Gasteiger partial charge on any atom is 0.431 e. The summed E-state index contributed by atoms with van der Waals surface area (Å²) < 4.78 is 50.8. The molecule has 1 aromatic carbocycles. The van der Waals surface area contributed by atoms with Crippen LogP contribution in [0.3, 0.4) is 0 Å². The number of nitrogens with one attached hydrogen (secondary N) is 3. The van der Waals surface area contributed by atoms with Gasteiger partial charge in [0, 0.05) is 17.3 Å². The summed E-state index contributed by atoms with van der Waals surface area (Å²) in [7, 11) is 0. The molecule has 0 unspecified atom stereocenters. The van der Waals surface area contributed by atoms with Gasteiger partial charge in [-0.25, -0.2) is 4.79 Å². The zero-order valence-corrected chi connectivity index (χ0v) is 18.2. The lowest BCUT2D eigenvalue weighted by Crippen LogP contribution is -2.50. The summed E-state index contributed by atoms with van der Waals surface area (Å²) in [6, 6.07) is 4.66. The second-order valence-corrected chi connectivity index (χ2v) is 7.95. The molecule has 3 N–H and O–H groups in total. The number of para-hydroxylation sites is 1. The van der Waals surface area contributed by atoms with Crippen molar-refractivity contribution in [3.8, 4) is 0 Å². The number of aromatic amines is 1. The van der Waals surface area contributed by atoms with Gasteiger partial charge in [-0.3, -0.25) is 9.59 Å². The van der Waals surface area contributed by atoms with Gasteiger partial charge in [-0.2, -0.15) is 13.2 Å². The van der Waals surface area contributed by atoms with Gasteiger partial charge in [0.1, 0.15) is 23.9 Å². The Hall–Kier alpha value is -3.24. The summed E-state index contributed by atoms with van der Waals surface area (Å²) in [5.74, 6) is -1.58. The fourth-order valence-corrected chi connectivity index (χ4v) is 3.01. The van der Waals surface area contributed by atoms with Crippen molar-refractivity contribution in [2.75, 3.05) is 13.2 Å². The fraction of sp³-hybridized carbons (Fsp3) is 0.476. The quantitative estimate of drug-likeness (QED) is 0.553.